The molecule has 0 saturated heterocycles. The zero-order chi connectivity index (χ0) is 16.0. The zero-order valence-electron chi connectivity index (χ0n) is 13.1. The summed E-state index contributed by atoms with van der Waals surface area (Å²) in [7, 11) is 0. The smallest absolute Gasteiger partial charge is 0.234 e. The lowest BCUT2D eigenvalue weighted by Gasteiger charge is -2.19. The van der Waals surface area contributed by atoms with E-state index in [1.165, 1.54) is 0 Å². The summed E-state index contributed by atoms with van der Waals surface area (Å²) in [4.78, 5) is 12.5. The van der Waals surface area contributed by atoms with Gasteiger partial charge in [-0.3, -0.25) is 4.79 Å². The minimum atomic E-state index is -0.473. The average Bonchev–Trinajstić information content (AvgIpc) is 2.37. The van der Waals surface area contributed by atoms with E-state index in [4.69, 9.17) is 22.7 Å². The van der Waals surface area contributed by atoms with Gasteiger partial charge in [-0.2, -0.15) is 0 Å². The molecular weight excluding hydrogens is 284 g/mol. The number of rotatable bonds is 7. The first kappa shape index (κ1) is 17.4. The van der Waals surface area contributed by atoms with Crippen molar-refractivity contribution in [3.05, 3.63) is 24.3 Å². The maximum Gasteiger partial charge on any atom is 0.234 e. The Kier molecular flexibility index (Phi) is 6.62. The van der Waals surface area contributed by atoms with Gasteiger partial charge in [-0.05, 0) is 31.4 Å². The summed E-state index contributed by atoms with van der Waals surface area (Å²) in [6, 6.07) is 7.34. The second kappa shape index (κ2) is 7.98. The van der Waals surface area contributed by atoms with E-state index in [0.29, 0.717) is 5.69 Å². The van der Waals surface area contributed by atoms with E-state index in [9.17, 15) is 4.79 Å². The van der Waals surface area contributed by atoms with Crippen molar-refractivity contribution in [2.45, 2.75) is 40.2 Å². The first-order chi connectivity index (χ1) is 9.85. The van der Waals surface area contributed by atoms with Crippen LogP contribution in [0.2, 0.25) is 0 Å². The number of carbonyl (C=O) groups excluding carboxylic acids is 1. The van der Waals surface area contributed by atoms with Gasteiger partial charge in [0.2, 0.25) is 5.91 Å². The lowest BCUT2D eigenvalue weighted by Crippen LogP contribution is -2.36. The average molecular weight is 308 g/mol. The Hall–Kier alpha value is -1.62. The Bertz CT molecular complexity index is 503. The predicted molar refractivity (Wildman–Crippen MR) is 90.6 cm³/mol. The monoisotopic (exact) mass is 308 g/mol. The van der Waals surface area contributed by atoms with Crippen molar-refractivity contribution in [1.82, 2.24) is 0 Å². The highest BCUT2D eigenvalue weighted by molar-refractivity contribution is 7.80. The van der Waals surface area contributed by atoms with Gasteiger partial charge in [-0.1, -0.05) is 39.1 Å². The zero-order valence-corrected chi connectivity index (χ0v) is 13.9. The Balaban J connectivity index is 2.80. The molecule has 21 heavy (non-hydrogen) atoms. The van der Waals surface area contributed by atoms with Crippen molar-refractivity contribution >= 4 is 28.8 Å². The van der Waals surface area contributed by atoms with Crippen LogP contribution in [0.3, 0.4) is 0 Å². The molecule has 2 atom stereocenters. The SMILES string of the molecule is CCC(C)Oc1cccc(NC(=O)C(C(N)=S)C(C)C)c1. The normalized spacial score (nSPS) is 13.6. The number of nitrogens with one attached hydrogen (secondary N) is 1. The van der Waals surface area contributed by atoms with Gasteiger partial charge in [0, 0.05) is 11.8 Å². The molecule has 2 unspecified atom stereocenters. The van der Waals surface area contributed by atoms with Gasteiger partial charge in [-0.25, -0.2) is 0 Å². The fourth-order valence-corrected chi connectivity index (χ4v) is 2.32. The number of carbonyl (C=O) groups is 1. The number of thiocarbonyl (C=S) groups is 1. The van der Waals surface area contributed by atoms with Crippen LogP contribution in [-0.2, 0) is 4.79 Å². The number of hydrogen-bond acceptors (Lipinski definition) is 3. The van der Waals surface area contributed by atoms with Gasteiger partial charge in [0.1, 0.15) is 5.75 Å². The molecule has 0 radical (unpaired) electrons. The van der Waals surface area contributed by atoms with Crippen LogP contribution in [0.5, 0.6) is 5.75 Å². The van der Waals surface area contributed by atoms with E-state index >= 15 is 0 Å². The second-order valence-corrected chi connectivity index (χ2v) is 5.95. The van der Waals surface area contributed by atoms with Gasteiger partial charge in [0.15, 0.2) is 0 Å². The van der Waals surface area contributed by atoms with Gasteiger partial charge in [-0.15, -0.1) is 0 Å². The van der Waals surface area contributed by atoms with Crippen molar-refractivity contribution < 1.29 is 9.53 Å². The van der Waals surface area contributed by atoms with Crippen LogP contribution in [-0.4, -0.2) is 17.0 Å². The van der Waals surface area contributed by atoms with Crippen molar-refractivity contribution in [2.24, 2.45) is 17.6 Å². The molecule has 0 aliphatic heterocycles. The molecule has 3 N–H and O–H groups in total. The van der Waals surface area contributed by atoms with Crippen LogP contribution < -0.4 is 15.8 Å². The molecule has 0 fully saturated rings. The quantitative estimate of drug-likeness (QED) is 0.758. The maximum absolute atomic E-state index is 12.3. The highest BCUT2D eigenvalue weighted by atomic mass is 32.1. The van der Waals surface area contributed by atoms with E-state index in [-0.39, 0.29) is 22.9 Å². The number of ether oxygens (including phenoxy) is 1. The van der Waals surface area contributed by atoms with Crippen LogP contribution >= 0.6 is 12.2 Å². The highest BCUT2D eigenvalue weighted by Crippen LogP contribution is 2.21. The minimum absolute atomic E-state index is 0.0575. The molecule has 0 aromatic heterocycles. The number of hydrogen-bond donors (Lipinski definition) is 2. The summed E-state index contributed by atoms with van der Waals surface area (Å²) in [6.45, 7) is 7.91. The van der Waals surface area contributed by atoms with Crippen molar-refractivity contribution in [1.29, 1.82) is 0 Å². The molecule has 0 aliphatic rings. The van der Waals surface area contributed by atoms with E-state index in [1.807, 2.05) is 39.0 Å². The lowest BCUT2D eigenvalue weighted by atomic mass is 9.95. The first-order valence-electron chi connectivity index (χ1n) is 7.22. The number of anilines is 1. The summed E-state index contributed by atoms with van der Waals surface area (Å²) >= 11 is 4.98. The number of nitrogens with two attached hydrogens (primary N) is 1. The Labute approximate surface area is 132 Å². The largest absolute Gasteiger partial charge is 0.491 e. The minimum Gasteiger partial charge on any atom is -0.491 e. The van der Waals surface area contributed by atoms with E-state index in [1.54, 1.807) is 6.07 Å². The van der Waals surface area contributed by atoms with Crippen LogP contribution in [0.25, 0.3) is 0 Å². The van der Waals surface area contributed by atoms with Gasteiger partial charge >= 0.3 is 0 Å². The van der Waals surface area contributed by atoms with E-state index in [0.717, 1.165) is 12.2 Å². The molecule has 0 saturated carbocycles. The Morgan fingerprint density at radius 2 is 2.05 bits per heavy atom. The standard InChI is InChI=1S/C16H24N2O2S/c1-5-11(4)20-13-8-6-7-12(9-13)18-16(19)14(10(2)3)15(17)21/h6-11,14H,5H2,1-4H3,(H2,17,21)(H,18,19). The van der Waals surface area contributed by atoms with Crippen LogP contribution in [0, 0.1) is 11.8 Å². The Morgan fingerprint density at radius 1 is 1.38 bits per heavy atom. The lowest BCUT2D eigenvalue weighted by molar-refractivity contribution is -0.118. The van der Waals surface area contributed by atoms with Crippen molar-refractivity contribution in [3.8, 4) is 5.75 Å². The molecular formula is C16H24N2O2S. The molecule has 0 spiro atoms. The topological polar surface area (TPSA) is 64.3 Å². The molecule has 1 rings (SSSR count). The van der Waals surface area contributed by atoms with Crippen molar-refractivity contribution in [3.63, 3.8) is 0 Å². The van der Waals surface area contributed by atoms with Gasteiger partial charge in [0.05, 0.1) is 17.0 Å². The second-order valence-electron chi connectivity index (χ2n) is 5.48. The molecule has 0 aliphatic carbocycles. The summed E-state index contributed by atoms with van der Waals surface area (Å²) in [5, 5.41) is 2.85. The van der Waals surface area contributed by atoms with Crippen LogP contribution in [0.15, 0.2) is 24.3 Å². The highest BCUT2D eigenvalue weighted by Gasteiger charge is 2.25. The third-order valence-electron chi connectivity index (χ3n) is 3.27. The molecule has 1 aromatic carbocycles. The van der Waals surface area contributed by atoms with E-state index < -0.39 is 5.92 Å². The summed E-state index contributed by atoms with van der Waals surface area (Å²) in [5.74, 6) is 0.137. The first-order valence-corrected chi connectivity index (χ1v) is 7.62. The van der Waals surface area contributed by atoms with Gasteiger partial charge < -0.3 is 15.8 Å². The fraction of sp³-hybridized carbons (Fsp3) is 0.500. The third kappa shape index (κ3) is 5.34. The van der Waals surface area contributed by atoms with Crippen LogP contribution in [0.1, 0.15) is 34.1 Å². The summed E-state index contributed by atoms with van der Waals surface area (Å²) in [5.41, 5.74) is 6.33. The van der Waals surface area contributed by atoms with Crippen molar-refractivity contribution in [2.75, 3.05) is 5.32 Å². The Morgan fingerprint density at radius 3 is 2.57 bits per heavy atom. The summed E-state index contributed by atoms with van der Waals surface area (Å²) < 4.78 is 5.74. The molecule has 0 heterocycles. The fourth-order valence-electron chi connectivity index (χ4n) is 1.94. The van der Waals surface area contributed by atoms with Crippen LogP contribution in [0.4, 0.5) is 5.69 Å². The molecule has 4 nitrogen and oxygen atoms in total. The molecule has 0 bridgehead atoms. The van der Waals surface area contributed by atoms with Gasteiger partial charge in [0.25, 0.3) is 0 Å². The number of amides is 1. The van der Waals surface area contributed by atoms with E-state index in [2.05, 4.69) is 12.2 Å². The predicted octanol–water partition coefficient (Wildman–Crippen LogP) is 3.36. The molecule has 1 aromatic rings. The summed E-state index contributed by atoms with van der Waals surface area (Å²) in [6.07, 6.45) is 1.06. The molecule has 116 valence electrons. The maximum atomic E-state index is 12.3. The third-order valence-corrected chi connectivity index (χ3v) is 3.52. The number of benzene rings is 1. The molecule has 1 amide bonds. The molecule has 5 heteroatoms.